The van der Waals surface area contributed by atoms with E-state index in [1.54, 1.807) is 0 Å². The molecule has 0 radical (unpaired) electrons. The second-order valence-corrected chi connectivity index (χ2v) is 3.00. The Morgan fingerprint density at radius 1 is 1.67 bits per heavy atom. The molecule has 0 spiro atoms. The van der Waals surface area contributed by atoms with Crippen LogP contribution in [0.15, 0.2) is 23.4 Å². The number of hydrogen-bond donors (Lipinski definition) is 1. The molecular formula is C9H7ClFNO3. The van der Waals surface area contributed by atoms with E-state index >= 15 is 0 Å². The van der Waals surface area contributed by atoms with Crippen molar-refractivity contribution in [3.63, 3.8) is 0 Å². The van der Waals surface area contributed by atoms with Crippen LogP contribution >= 0.6 is 11.6 Å². The first-order valence-electron chi connectivity index (χ1n) is 3.92. The van der Waals surface area contributed by atoms with Crippen LogP contribution in [-0.4, -0.2) is 23.9 Å². The molecule has 0 heterocycles. The minimum Gasteiger partial charge on any atom is -0.479 e. The number of oxime groups is 1. The van der Waals surface area contributed by atoms with Crippen molar-refractivity contribution in [2.45, 2.75) is 0 Å². The van der Waals surface area contributed by atoms with Crippen LogP contribution in [0.4, 0.5) is 4.39 Å². The molecule has 0 saturated heterocycles. The molecule has 1 aromatic rings. The van der Waals surface area contributed by atoms with Gasteiger partial charge in [-0.05, 0) is 18.2 Å². The number of benzene rings is 1. The molecule has 0 fully saturated rings. The molecule has 0 unspecified atom stereocenters. The van der Waals surface area contributed by atoms with Crippen molar-refractivity contribution in [3.05, 3.63) is 34.6 Å². The summed E-state index contributed by atoms with van der Waals surface area (Å²) in [4.78, 5) is 14.4. The summed E-state index contributed by atoms with van der Waals surface area (Å²) in [5.41, 5.74) is 0.132. The van der Waals surface area contributed by atoms with Crippen molar-refractivity contribution >= 4 is 23.8 Å². The molecule has 1 rings (SSSR count). The van der Waals surface area contributed by atoms with E-state index < -0.39 is 18.4 Å². The Bertz CT molecular complexity index is 395. The normalized spacial score (nSPS) is 10.5. The first-order chi connectivity index (χ1) is 7.09. The van der Waals surface area contributed by atoms with Gasteiger partial charge < -0.3 is 9.94 Å². The zero-order valence-electron chi connectivity index (χ0n) is 7.48. The lowest BCUT2D eigenvalue weighted by molar-refractivity contribution is -0.142. The maximum Gasteiger partial charge on any atom is 0.344 e. The largest absolute Gasteiger partial charge is 0.479 e. The van der Waals surface area contributed by atoms with Crippen LogP contribution in [0.3, 0.4) is 0 Å². The van der Waals surface area contributed by atoms with Crippen molar-refractivity contribution in [3.8, 4) is 0 Å². The highest BCUT2D eigenvalue weighted by atomic mass is 35.5. The summed E-state index contributed by atoms with van der Waals surface area (Å²) >= 11 is 5.62. The van der Waals surface area contributed by atoms with Crippen molar-refractivity contribution in [2.24, 2.45) is 5.16 Å². The van der Waals surface area contributed by atoms with Crippen molar-refractivity contribution in [2.75, 3.05) is 6.61 Å². The van der Waals surface area contributed by atoms with Gasteiger partial charge in [0, 0.05) is 10.6 Å². The maximum absolute atomic E-state index is 13.0. The van der Waals surface area contributed by atoms with Crippen LogP contribution in [0, 0.1) is 5.82 Å². The van der Waals surface area contributed by atoms with E-state index in [2.05, 4.69) is 9.99 Å². The predicted molar refractivity (Wildman–Crippen MR) is 52.6 cm³/mol. The third-order valence-electron chi connectivity index (χ3n) is 1.41. The third kappa shape index (κ3) is 3.95. The van der Waals surface area contributed by atoms with E-state index in [-0.39, 0.29) is 5.56 Å². The molecule has 0 atom stereocenters. The van der Waals surface area contributed by atoms with E-state index in [0.29, 0.717) is 5.02 Å². The summed E-state index contributed by atoms with van der Waals surface area (Å²) in [6.45, 7) is -0.571. The molecule has 6 heteroatoms. The lowest BCUT2D eigenvalue weighted by atomic mass is 10.2. The first kappa shape index (κ1) is 11.5. The third-order valence-corrected chi connectivity index (χ3v) is 1.65. The topological polar surface area (TPSA) is 58.9 Å². The number of halogens is 2. The summed E-state index contributed by atoms with van der Waals surface area (Å²) in [5, 5.41) is 11.9. The Hall–Kier alpha value is -1.62. The van der Waals surface area contributed by atoms with Gasteiger partial charge in [0.05, 0.1) is 6.21 Å². The number of carboxylic acids is 1. The van der Waals surface area contributed by atoms with Crippen LogP contribution in [0.2, 0.25) is 5.02 Å². The number of carbonyl (C=O) groups is 1. The van der Waals surface area contributed by atoms with Crippen molar-refractivity contribution in [1.82, 2.24) is 0 Å². The van der Waals surface area contributed by atoms with Gasteiger partial charge in [-0.25, -0.2) is 9.18 Å². The summed E-state index contributed by atoms with van der Waals surface area (Å²) < 4.78 is 13.0. The van der Waals surface area contributed by atoms with Crippen LogP contribution in [0.25, 0.3) is 0 Å². The first-order valence-corrected chi connectivity index (χ1v) is 4.29. The highest BCUT2D eigenvalue weighted by molar-refractivity contribution is 6.30. The molecule has 0 bridgehead atoms. The van der Waals surface area contributed by atoms with Crippen LogP contribution in [0.5, 0.6) is 0 Å². The molecule has 0 aromatic heterocycles. The predicted octanol–water partition coefficient (Wildman–Crippen LogP) is 1.91. The fourth-order valence-electron chi connectivity index (χ4n) is 0.800. The molecule has 0 aliphatic carbocycles. The smallest absolute Gasteiger partial charge is 0.344 e. The quantitative estimate of drug-likeness (QED) is 0.636. The average molecular weight is 232 g/mol. The standard InChI is InChI=1S/C9H7ClFNO3/c10-7-1-2-8(11)6(3-7)4-12-15-5-9(13)14/h1-4H,5H2,(H,13,14)/b12-4+. The molecule has 0 aliphatic rings. The number of nitrogens with zero attached hydrogens (tertiary/aromatic N) is 1. The SMILES string of the molecule is O=C(O)CO/N=C/c1cc(Cl)ccc1F. The van der Waals surface area contributed by atoms with Crippen molar-refractivity contribution < 1.29 is 19.1 Å². The lowest BCUT2D eigenvalue weighted by Gasteiger charge is -1.97. The Labute approximate surface area is 89.9 Å². The zero-order chi connectivity index (χ0) is 11.3. The molecule has 1 N–H and O–H groups in total. The Balaban J connectivity index is 2.63. The van der Waals surface area contributed by atoms with Gasteiger partial charge in [0.25, 0.3) is 0 Å². The number of aliphatic carboxylic acids is 1. The van der Waals surface area contributed by atoms with Gasteiger partial charge in [-0.3, -0.25) is 0 Å². The average Bonchev–Trinajstić information content (AvgIpc) is 2.17. The summed E-state index contributed by atoms with van der Waals surface area (Å²) in [6.07, 6.45) is 1.06. The van der Waals surface area contributed by atoms with E-state index in [1.807, 2.05) is 0 Å². The van der Waals surface area contributed by atoms with Crippen LogP contribution < -0.4 is 0 Å². The summed E-state index contributed by atoms with van der Waals surface area (Å²) in [6, 6.07) is 3.93. The second-order valence-electron chi connectivity index (χ2n) is 2.57. The molecule has 0 aliphatic heterocycles. The molecular weight excluding hydrogens is 225 g/mol. The van der Waals surface area contributed by atoms with Gasteiger partial charge >= 0.3 is 5.97 Å². The Morgan fingerprint density at radius 3 is 3.07 bits per heavy atom. The van der Waals surface area contributed by atoms with E-state index in [1.165, 1.54) is 18.2 Å². The maximum atomic E-state index is 13.0. The fraction of sp³-hybridized carbons (Fsp3) is 0.111. The summed E-state index contributed by atoms with van der Waals surface area (Å²) in [5.74, 6) is -1.67. The van der Waals surface area contributed by atoms with Gasteiger partial charge in [-0.1, -0.05) is 16.8 Å². The molecule has 15 heavy (non-hydrogen) atoms. The van der Waals surface area contributed by atoms with Gasteiger partial charge in [0.2, 0.25) is 6.61 Å². The van der Waals surface area contributed by atoms with Gasteiger partial charge in [0.15, 0.2) is 0 Å². The minimum atomic E-state index is -1.15. The van der Waals surface area contributed by atoms with E-state index in [9.17, 15) is 9.18 Å². The fourth-order valence-corrected chi connectivity index (χ4v) is 0.981. The summed E-state index contributed by atoms with van der Waals surface area (Å²) in [7, 11) is 0. The molecule has 1 aromatic carbocycles. The molecule has 80 valence electrons. The second kappa shape index (κ2) is 5.31. The van der Waals surface area contributed by atoms with Crippen LogP contribution in [-0.2, 0) is 9.63 Å². The highest BCUT2D eigenvalue weighted by Crippen LogP contribution is 2.12. The van der Waals surface area contributed by atoms with Gasteiger partial charge in [-0.2, -0.15) is 0 Å². The molecule has 4 nitrogen and oxygen atoms in total. The molecule has 0 saturated carbocycles. The van der Waals surface area contributed by atoms with Gasteiger partial charge in [0.1, 0.15) is 5.82 Å². The Kier molecular flexibility index (Phi) is 4.05. The zero-order valence-corrected chi connectivity index (χ0v) is 8.24. The number of carboxylic acid groups (broad SMARTS) is 1. The minimum absolute atomic E-state index is 0.132. The van der Waals surface area contributed by atoms with Crippen LogP contribution in [0.1, 0.15) is 5.56 Å². The highest BCUT2D eigenvalue weighted by Gasteiger charge is 2.00. The Morgan fingerprint density at radius 2 is 2.40 bits per heavy atom. The van der Waals surface area contributed by atoms with E-state index in [4.69, 9.17) is 16.7 Å². The molecule has 0 amide bonds. The number of rotatable bonds is 4. The van der Waals surface area contributed by atoms with Crippen molar-refractivity contribution in [1.29, 1.82) is 0 Å². The van der Waals surface area contributed by atoms with Gasteiger partial charge in [-0.15, -0.1) is 0 Å². The number of hydrogen-bond acceptors (Lipinski definition) is 3. The monoisotopic (exact) mass is 231 g/mol. The lowest BCUT2D eigenvalue weighted by Crippen LogP contribution is -2.03. The van der Waals surface area contributed by atoms with E-state index in [0.717, 1.165) is 6.21 Å².